The molecule has 0 saturated carbocycles. The minimum Gasteiger partial charge on any atom is -0.456 e. The highest BCUT2D eigenvalue weighted by Gasteiger charge is 2.09. The van der Waals surface area contributed by atoms with Gasteiger partial charge in [0.05, 0.1) is 6.04 Å². The number of rotatable bonds is 3. The molecule has 1 unspecified atom stereocenters. The third-order valence-electron chi connectivity index (χ3n) is 4.47. The maximum Gasteiger partial charge on any atom is 0.136 e. The highest BCUT2D eigenvalue weighted by molar-refractivity contribution is 6.08. The summed E-state index contributed by atoms with van der Waals surface area (Å²) in [6, 6.07) is 25.0. The third kappa shape index (κ3) is 2.61. The van der Waals surface area contributed by atoms with Gasteiger partial charge < -0.3 is 4.42 Å². The Bertz CT molecular complexity index is 1030. The average molecular weight is 313 g/mol. The lowest BCUT2D eigenvalue weighted by Gasteiger charge is -2.09. The van der Waals surface area contributed by atoms with E-state index in [9.17, 15) is 0 Å². The molecule has 0 aliphatic heterocycles. The number of para-hydroxylation sites is 1. The maximum atomic E-state index is 5.98. The molecule has 0 aliphatic rings. The first kappa shape index (κ1) is 14.7. The van der Waals surface area contributed by atoms with E-state index in [0.29, 0.717) is 0 Å². The molecule has 0 fully saturated rings. The lowest BCUT2D eigenvalue weighted by molar-refractivity contribution is 0.669. The van der Waals surface area contributed by atoms with Crippen molar-refractivity contribution in [3.8, 4) is 0 Å². The van der Waals surface area contributed by atoms with Crippen LogP contribution in [0.15, 0.2) is 82.2 Å². The molecule has 2 heteroatoms. The van der Waals surface area contributed by atoms with Gasteiger partial charge in [0.1, 0.15) is 11.2 Å². The van der Waals surface area contributed by atoms with E-state index in [2.05, 4.69) is 62.4 Å². The average Bonchev–Trinajstić information content (AvgIpc) is 3.00. The number of hydrogen-bond donors (Lipinski definition) is 0. The molecule has 118 valence electrons. The number of fused-ring (bicyclic) bond motifs is 3. The molecular formula is C22H19NO. The Kier molecular flexibility index (Phi) is 3.66. The molecule has 0 spiro atoms. The zero-order valence-electron chi connectivity index (χ0n) is 13.9. The molecule has 0 aliphatic carbocycles. The Labute approximate surface area is 141 Å². The Morgan fingerprint density at radius 3 is 2.38 bits per heavy atom. The van der Waals surface area contributed by atoms with Crippen LogP contribution in [0.4, 0.5) is 0 Å². The van der Waals surface area contributed by atoms with Crippen LogP contribution in [-0.2, 0) is 0 Å². The molecule has 0 amide bonds. The van der Waals surface area contributed by atoms with Crippen molar-refractivity contribution < 1.29 is 4.42 Å². The van der Waals surface area contributed by atoms with Gasteiger partial charge in [0.25, 0.3) is 0 Å². The van der Waals surface area contributed by atoms with Crippen LogP contribution in [-0.4, -0.2) is 5.71 Å². The van der Waals surface area contributed by atoms with E-state index < -0.39 is 0 Å². The molecule has 24 heavy (non-hydrogen) atoms. The summed E-state index contributed by atoms with van der Waals surface area (Å²) >= 11 is 0. The fraction of sp³-hybridized carbons (Fsp3) is 0.136. The van der Waals surface area contributed by atoms with Crippen molar-refractivity contribution in [3.05, 3.63) is 83.9 Å². The van der Waals surface area contributed by atoms with Crippen LogP contribution >= 0.6 is 0 Å². The summed E-state index contributed by atoms with van der Waals surface area (Å²) in [7, 11) is 0. The quantitative estimate of drug-likeness (QED) is 0.416. The van der Waals surface area contributed by atoms with Crippen molar-refractivity contribution in [3.63, 3.8) is 0 Å². The summed E-state index contributed by atoms with van der Waals surface area (Å²) < 4.78 is 5.98. The smallest absolute Gasteiger partial charge is 0.136 e. The lowest BCUT2D eigenvalue weighted by Crippen LogP contribution is -1.98. The van der Waals surface area contributed by atoms with Crippen LogP contribution < -0.4 is 0 Å². The summed E-state index contributed by atoms with van der Waals surface area (Å²) in [6.45, 7) is 4.18. The number of benzene rings is 3. The minimum atomic E-state index is 0.137. The second-order valence-electron chi connectivity index (χ2n) is 6.11. The first-order chi connectivity index (χ1) is 11.7. The summed E-state index contributed by atoms with van der Waals surface area (Å²) in [4.78, 5) is 4.85. The van der Waals surface area contributed by atoms with Crippen LogP contribution in [0.5, 0.6) is 0 Å². The van der Waals surface area contributed by atoms with Gasteiger partial charge in [-0.25, -0.2) is 0 Å². The predicted molar refractivity (Wildman–Crippen MR) is 101 cm³/mol. The summed E-state index contributed by atoms with van der Waals surface area (Å²) in [5.74, 6) is 0. The fourth-order valence-electron chi connectivity index (χ4n) is 3.12. The van der Waals surface area contributed by atoms with Gasteiger partial charge in [-0.1, -0.05) is 54.6 Å². The topological polar surface area (TPSA) is 25.5 Å². The van der Waals surface area contributed by atoms with E-state index in [0.717, 1.165) is 33.2 Å². The van der Waals surface area contributed by atoms with Crippen LogP contribution in [0.3, 0.4) is 0 Å². The molecule has 4 aromatic rings. The van der Waals surface area contributed by atoms with E-state index >= 15 is 0 Å². The Morgan fingerprint density at radius 1 is 0.833 bits per heavy atom. The van der Waals surface area contributed by atoms with E-state index in [1.165, 1.54) is 5.56 Å². The van der Waals surface area contributed by atoms with E-state index in [-0.39, 0.29) is 6.04 Å². The Hall–Kier alpha value is -2.87. The predicted octanol–water partition coefficient (Wildman–Crippen LogP) is 6.16. The molecule has 1 aromatic heterocycles. The van der Waals surface area contributed by atoms with Gasteiger partial charge in [0.2, 0.25) is 0 Å². The van der Waals surface area contributed by atoms with E-state index in [1.807, 2.05) is 24.3 Å². The molecule has 3 aromatic carbocycles. The highest BCUT2D eigenvalue weighted by atomic mass is 16.3. The van der Waals surface area contributed by atoms with Gasteiger partial charge in [-0.3, -0.25) is 4.99 Å². The SMILES string of the molecule is C/C(=N\C(C)c1ccccc1)c1ccc2c(c1)oc1ccccc12. The second kappa shape index (κ2) is 5.97. The van der Waals surface area contributed by atoms with Gasteiger partial charge in [-0.2, -0.15) is 0 Å². The molecule has 1 atom stereocenters. The summed E-state index contributed by atoms with van der Waals surface area (Å²) in [6.07, 6.45) is 0. The van der Waals surface area contributed by atoms with Crippen molar-refractivity contribution in [1.82, 2.24) is 0 Å². The Morgan fingerprint density at radius 2 is 1.54 bits per heavy atom. The summed E-state index contributed by atoms with van der Waals surface area (Å²) in [5.41, 5.74) is 5.19. The zero-order valence-corrected chi connectivity index (χ0v) is 13.9. The van der Waals surface area contributed by atoms with E-state index in [4.69, 9.17) is 9.41 Å². The molecule has 0 saturated heterocycles. The van der Waals surface area contributed by atoms with Crippen LogP contribution in [0.25, 0.3) is 21.9 Å². The van der Waals surface area contributed by atoms with Crippen LogP contribution in [0, 0.1) is 0 Å². The zero-order chi connectivity index (χ0) is 16.5. The number of furan rings is 1. The number of aliphatic imine (C=N–C) groups is 1. The lowest BCUT2D eigenvalue weighted by atomic mass is 10.1. The fourth-order valence-corrected chi connectivity index (χ4v) is 3.12. The van der Waals surface area contributed by atoms with Gasteiger partial charge in [0, 0.05) is 16.5 Å². The van der Waals surface area contributed by atoms with Crippen molar-refractivity contribution in [2.45, 2.75) is 19.9 Å². The van der Waals surface area contributed by atoms with Gasteiger partial charge in [-0.15, -0.1) is 0 Å². The van der Waals surface area contributed by atoms with Crippen LogP contribution in [0.2, 0.25) is 0 Å². The molecule has 0 N–H and O–H groups in total. The summed E-state index contributed by atoms with van der Waals surface area (Å²) in [5, 5.41) is 2.31. The first-order valence-electron chi connectivity index (χ1n) is 8.23. The first-order valence-corrected chi connectivity index (χ1v) is 8.23. The van der Waals surface area contributed by atoms with Gasteiger partial charge >= 0.3 is 0 Å². The molecule has 1 heterocycles. The Balaban J connectivity index is 1.73. The second-order valence-corrected chi connectivity index (χ2v) is 6.11. The highest BCUT2D eigenvalue weighted by Crippen LogP contribution is 2.29. The maximum absolute atomic E-state index is 5.98. The standard InChI is InChI=1S/C22H19NO/c1-15(17-8-4-3-5-9-17)23-16(2)18-12-13-20-19-10-6-7-11-21(19)24-22(20)14-18/h3-15H,1-2H3/b23-16+. The molecule has 2 nitrogen and oxygen atoms in total. The van der Waals surface area contributed by atoms with Crippen molar-refractivity contribution in [2.24, 2.45) is 4.99 Å². The van der Waals surface area contributed by atoms with Crippen molar-refractivity contribution >= 4 is 27.7 Å². The van der Waals surface area contributed by atoms with E-state index in [1.54, 1.807) is 0 Å². The van der Waals surface area contributed by atoms with Gasteiger partial charge in [-0.05, 0) is 43.2 Å². The minimum absolute atomic E-state index is 0.137. The largest absolute Gasteiger partial charge is 0.456 e. The molecule has 4 rings (SSSR count). The van der Waals surface area contributed by atoms with Crippen molar-refractivity contribution in [1.29, 1.82) is 0 Å². The monoisotopic (exact) mass is 313 g/mol. The molecule has 0 bridgehead atoms. The van der Waals surface area contributed by atoms with Crippen LogP contribution in [0.1, 0.15) is 31.0 Å². The number of nitrogens with zero attached hydrogens (tertiary/aromatic N) is 1. The molecule has 0 radical (unpaired) electrons. The normalized spacial score (nSPS) is 13.5. The molecular weight excluding hydrogens is 294 g/mol. The third-order valence-corrected chi connectivity index (χ3v) is 4.47. The van der Waals surface area contributed by atoms with Gasteiger partial charge in [0.15, 0.2) is 0 Å². The van der Waals surface area contributed by atoms with Crippen molar-refractivity contribution in [2.75, 3.05) is 0 Å². The number of hydrogen-bond acceptors (Lipinski definition) is 2.